The van der Waals surface area contributed by atoms with Crippen LogP contribution in [0.25, 0.3) is 0 Å². The van der Waals surface area contributed by atoms with Crippen LogP contribution in [0.1, 0.15) is 26.2 Å². The van der Waals surface area contributed by atoms with E-state index in [2.05, 4.69) is 5.32 Å². The molecule has 1 aromatic rings. The Kier molecular flexibility index (Phi) is 7.25. The maximum Gasteiger partial charge on any atom is 0.332 e. The SMILES string of the molecule is CCCCN(C(=O)NCCC(O)C(=O)O)c1ccccc1. The standard InChI is InChI=1S/C15H22N2O4/c1-2-3-11-17(12-7-5-4-6-8-12)15(21)16-10-9-13(18)14(19)20/h4-8,13,18H,2-3,9-11H2,1H3,(H,16,21)(H,19,20). The molecule has 0 saturated heterocycles. The lowest BCUT2D eigenvalue weighted by atomic mass is 10.2. The number of benzene rings is 1. The van der Waals surface area contributed by atoms with Crippen LogP contribution < -0.4 is 10.2 Å². The van der Waals surface area contributed by atoms with Crippen LogP contribution in [0.5, 0.6) is 0 Å². The van der Waals surface area contributed by atoms with Crippen LogP contribution in [-0.2, 0) is 4.79 Å². The summed E-state index contributed by atoms with van der Waals surface area (Å²) in [5.41, 5.74) is 0.794. The van der Waals surface area contributed by atoms with E-state index >= 15 is 0 Å². The molecule has 0 saturated carbocycles. The Morgan fingerprint density at radius 1 is 1.29 bits per heavy atom. The number of aliphatic carboxylic acids is 1. The molecular formula is C15H22N2O4. The summed E-state index contributed by atoms with van der Waals surface area (Å²) in [6, 6.07) is 9.00. The van der Waals surface area contributed by atoms with Gasteiger partial charge in [-0.15, -0.1) is 0 Å². The summed E-state index contributed by atoms with van der Waals surface area (Å²) < 4.78 is 0. The van der Waals surface area contributed by atoms with E-state index in [-0.39, 0.29) is 19.0 Å². The number of nitrogens with one attached hydrogen (secondary N) is 1. The summed E-state index contributed by atoms with van der Waals surface area (Å²) in [6.07, 6.45) is 0.373. The first-order chi connectivity index (χ1) is 10.1. The Morgan fingerprint density at radius 3 is 2.52 bits per heavy atom. The molecule has 1 aromatic carbocycles. The number of urea groups is 1. The van der Waals surface area contributed by atoms with Gasteiger partial charge in [-0.3, -0.25) is 4.90 Å². The highest BCUT2D eigenvalue weighted by Gasteiger charge is 2.16. The van der Waals surface area contributed by atoms with E-state index in [0.717, 1.165) is 18.5 Å². The zero-order chi connectivity index (χ0) is 15.7. The predicted octanol–water partition coefficient (Wildman–Crippen LogP) is 1.84. The molecule has 1 unspecified atom stereocenters. The quantitative estimate of drug-likeness (QED) is 0.682. The van der Waals surface area contributed by atoms with E-state index in [1.54, 1.807) is 4.90 Å². The van der Waals surface area contributed by atoms with Gasteiger partial charge in [0, 0.05) is 25.2 Å². The minimum atomic E-state index is -1.45. The molecule has 0 radical (unpaired) electrons. The van der Waals surface area contributed by atoms with Gasteiger partial charge in [0.05, 0.1) is 0 Å². The third-order valence-electron chi connectivity index (χ3n) is 3.03. The third kappa shape index (κ3) is 5.83. The molecule has 1 rings (SSSR count). The predicted molar refractivity (Wildman–Crippen MR) is 80.4 cm³/mol. The molecule has 0 fully saturated rings. The number of rotatable bonds is 8. The molecule has 0 aliphatic carbocycles. The molecule has 0 bridgehead atoms. The van der Waals surface area contributed by atoms with Crippen LogP contribution in [0, 0.1) is 0 Å². The number of unbranched alkanes of at least 4 members (excludes halogenated alkanes) is 1. The summed E-state index contributed by atoms with van der Waals surface area (Å²) in [6.45, 7) is 2.75. The van der Waals surface area contributed by atoms with Crippen molar-refractivity contribution in [2.24, 2.45) is 0 Å². The minimum Gasteiger partial charge on any atom is -0.479 e. The number of hydrogen-bond donors (Lipinski definition) is 3. The third-order valence-corrected chi connectivity index (χ3v) is 3.03. The van der Waals surface area contributed by atoms with Gasteiger partial charge in [0.2, 0.25) is 0 Å². The lowest BCUT2D eigenvalue weighted by Crippen LogP contribution is -2.42. The van der Waals surface area contributed by atoms with Crippen LogP contribution >= 0.6 is 0 Å². The van der Waals surface area contributed by atoms with Crippen LogP contribution in [0.2, 0.25) is 0 Å². The van der Waals surface area contributed by atoms with Crippen molar-refractivity contribution in [3.8, 4) is 0 Å². The average molecular weight is 294 g/mol. The second kappa shape index (κ2) is 8.97. The summed E-state index contributed by atoms with van der Waals surface area (Å²) in [4.78, 5) is 24.3. The number of nitrogens with zero attached hydrogens (tertiary/aromatic N) is 1. The molecule has 2 amide bonds. The Balaban J connectivity index is 2.58. The smallest absolute Gasteiger partial charge is 0.332 e. The maximum atomic E-state index is 12.2. The maximum absolute atomic E-state index is 12.2. The number of carboxylic acid groups (broad SMARTS) is 1. The fraction of sp³-hybridized carbons (Fsp3) is 0.467. The molecule has 1 atom stereocenters. The first kappa shape index (κ1) is 17.0. The summed E-state index contributed by atoms with van der Waals surface area (Å²) in [5.74, 6) is -1.28. The molecule has 0 aliphatic heterocycles. The highest BCUT2D eigenvalue weighted by molar-refractivity contribution is 5.91. The van der Waals surface area contributed by atoms with E-state index in [1.807, 2.05) is 37.3 Å². The highest BCUT2D eigenvalue weighted by Crippen LogP contribution is 2.14. The average Bonchev–Trinajstić information content (AvgIpc) is 2.48. The van der Waals surface area contributed by atoms with Crippen LogP contribution in [0.15, 0.2) is 30.3 Å². The number of carbonyl (C=O) groups excluding carboxylic acids is 1. The number of aliphatic hydroxyl groups excluding tert-OH is 1. The minimum absolute atomic E-state index is 0.0164. The van der Waals surface area contributed by atoms with Crippen LogP contribution in [0.4, 0.5) is 10.5 Å². The second-order valence-corrected chi connectivity index (χ2v) is 4.72. The van der Waals surface area contributed by atoms with Crippen LogP contribution in [-0.4, -0.2) is 41.4 Å². The van der Waals surface area contributed by atoms with Gasteiger partial charge < -0.3 is 15.5 Å². The van der Waals surface area contributed by atoms with Gasteiger partial charge in [-0.05, 0) is 18.6 Å². The lowest BCUT2D eigenvalue weighted by Gasteiger charge is -2.23. The Bertz CT molecular complexity index is 450. The molecule has 6 nitrogen and oxygen atoms in total. The number of aliphatic hydroxyl groups is 1. The number of hydrogen-bond acceptors (Lipinski definition) is 3. The molecule has 0 heterocycles. The molecule has 0 aromatic heterocycles. The molecular weight excluding hydrogens is 272 g/mol. The Labute approximate surface area is 124 Å². The molecule has 0 spiro atoms. The first-order valence-corrected chi connectivity index (χ1v) is 7.07. The molecule has 21 heavy (non-hydrogen) atoms. The number of amides is 2. The van der Waals surface area contributed by atoms with Gasteiger partial charge >= 0.3 is 12.0 Å². The van der Waals surface area contributed by atoms with Gasteiger partial charge in [0.15, 0.2) is 6.10 Å². The fourth-order valence-corrected chi connectivity index (χ4v) is 1.81. The second-order valence-electron chi connectivity index (χ2n) is 4.72. The summed E-state index contributed by atoms with van der Waals surface area (Å²) in [5, 5.41) is 20.4. The van der Waals surface area contributed by atoms with Crippen molar-refractivity contribution < 1.29 is 19.8 Å². The molecule has 3 N–H and O–H groups in total. The van der Waals surface area contributed by atoms with Crippen molar-refractivity contribution in [1.29, 1.82) is 0 Å². The van der Waals surface area contributed by atoms with E-state index in [9.17, 15) is 14.7 Å². The Morgan fingerprint density at radius 2 is 1.95 bits per heavy atom. The van der Waals surface area contributed by atoms with Crippen molar-refractivity contribution >= 4 is 17.7 Å². The number of carbonyl (C=O) groups is 2. The number of para-hydroxylation sites is 1. The van der Waals surface area contributed by atoms with Gasteiger partial charge in [0.1, 0.15) is 0 Å². The first-order valence-electron chi connectivity index (χ1n) is 7.07. The van der Waals surface area contributed by atoms with Crippen molar-refractivity contribution in [3.63, 3.8) is 0 Å². The summed E-state index contributed by atoms with van der Waals surface area (Å²) >= 11 is 0. The van der Waals surface area contributed by atoms with E-state index < -0.39 is 12.1 Å². The van der Waals surface area contributed by atoms with Crippen molar-refractivity contribution in [2.45, 2.75) is 32.3 Å². The largest absolute Gasteiger partial charge is 0.479 e. The van der Waals surface area contributed by atoms with Gasteiger partial charge in [-0.1, -0.05) is 31.5 Å². The van der Waals surface area contributed by atoms with Gasteiger partial charge in [-0.2, -0.15) is 0 Å². The topological polar surface area (TPSA) is 89.9 Å². The number of anilines is 1. The number of carboxylic acids is 1. The molecule has 6 heteroatoms. The zero-order valence-electron chi connectivity index (χ0n) is 12.2. The van der Waals surface area contributed by atoms with Gasteiger partial charge in [0.25, 0.3) is 0 Å². The summed E-state index contributed by atoms with van der Waals surface area (Å²) in [7, 11) is 0. The fourth-order valence-electron chi connectivity index (χ4n) is 1.81. The molecule has 0 aliphatic rings. The lowest BCUT2D eigenvalue weighted by molar-refractivity contribution is -0.146. The highest BCUT2D eigenvalue weighted by atomic mass is 16.4. The van der Waals surface area contributed by atoms with E-state index in [0.29, 0.717) is 6.54 Å². The van der Waals surface area contributed by atoms with Crippen LogP contribution in [0.3, 0.4) is 0 Å². The van der Waals surface area contributed by atoms with Crippen molar-refractivity contribution in [3.05, 3.63) is 30.3 Å². The van der Waals surface area contributed by atoms with Crippen molar-refractivity contribution in [1.82, 2.24) is 5.32 Å². The Hall–Kier alpha value is -2.08. The van der Waals surface area contributed by atoms with E-state index in [1.165, 1.54) is 0 Å². The normalized spacial score (nSPS) is 11.7. The monoisotopic (exact) mass is 294 g/mol. The molecule has 116 valence electrons. The van der Waals surface area contributed by atoms with Gasteiger partial charge in [-0.25, -0.2) is 9.59 Å². The zero-order valence-corrected chi connectivity index (χ0v) is 12.2. The van der Waals surface area contributed by atoms with E-state index in [4.69, 9.17) is 5.11 Å². The van der Waals surface area contributed by atoms with Crippen molar-refractivity contribution in [2.75, 3.05) is 18.0 Å².